The molecule has 4 nitrogen and oxygen atoms in total. The lowest BCUT2D eigenvalue weighted by Crippen LogP contribution is -2.51. The number of piperidine rings is 1. The van der Waals surface area contributed by atoms with Gasteiger partial charge in [-0.25, -0.2) is 0 Å². The van der Waals surface area contributed by atoms with E-state index >= 15 is 0 Å². The van der Waals surface area contributed by atoms with E-state index in [1.807, 2.05) is 18.0 Å². The van der Waals surface area contributed by atoms with Crippen LogP contribution in [0.2, 0.25) is 0 Å². The first-order valence-electron chi connectivity index (χ1n) is 9.82. The summed E-state index contributed by atoms with van der Waals surface area (Å²) in [6.45, 7) is 11.1. The number of nitrogens with zero attached hydrogens (tertiary/aromatic N) is 2. The van der Waals surface area contributed by atoms with Crippen molar-refractivity contribution in [3.05, 3.63) is 42.0 Å². The zero-order valence-corrected chi connectivity index (χ0v) is 16.5. The van der Waals surface area contributed by atoms with Gasteiger partial charge in [-0.1, -0.05) is 18.2 Å². The number of likely N-dealkylation sites (tertiary alicyclic amines) is 2. The van der Waals surface area contributed by atoms with Gasteiger partial charge in [0.15, 0.2) is 0 Å². The third-order valence-electron chi connectivity index (χ3n) is 5.93. The molecule has 0 unspecified atom stereocenters. The van der Waals surface area contributed by atoms with E-state index in [0.717, 1.165) is 57.5 Å². The number of hydrogen-bond acceptors (Lipinski definition) is 3. The van der Waals surface area contributed by atoms with Crippen LogP contribution in [0.1, 0.15) is 50.7 Å². The molecule has 2 fully saturated rings. The molecule has 0 radical (unpaired) electrons. The van der Waals surface area contributed by atoms with E-state index in [1.54, 1.807) is 0 Å². The minimum atomic E-state index is 0.122. The van der Waals surface area contributed by atoms with Crippen LogP contribution in [-0.4, -0.2) is 47.5 Å². The summed E-state index contributed by atoms with van der Waals surface area (Å²) in [7, 11) is 1.99. The second-order valence-electron chi connectivity index (χ2n) is 8.05. The molecule has 3 rings (SSSR count). The lowest BCUT2D eigenvalue weighted by Gasteiger charge is -2.43. The molecular weight excluding hydrogens is 324 g/mol. The summed E-state index contributed by atoms with van der Waals surface area (Å²) in [5.74, 6) is 1.28. The molecule has 142 valence electrons. The highest BCUT2D eigenvalue weighted by Gasteiger charge is 2.44. The van der Waals surface area contributed by atoms with E-state index in [0.29, 0.717) is 5.91 Å². The average molecular weight is 357 g/mol. The molecule has 2 aliphatic heterocycles. The van der Waals surface area contributed by atoms with Crippen molar-refractivity contribution in [1.82, 2.24) is 9.80 Å². The van der Waals surface area contributed by atoms with Gasteiger partial charge in [0.2, 0.25) is 5.91 Å². The van der Waals surface area contributed by atoms with E-state index in [9.17, 15) is 4.79 Å². The lowest BCUT2D eigenvalue weighted by molar-refractivity contribution is -0.130. The van der Waals surface area contributed by atoms with Crippen LogP contribution in [-0.2, 0) is 17.8 Å². The minimum absolute atomic E-state index is 0.122. The molecule has 1 aromatic rings. The number of hydrogen-bond donors (Lipinski definition) is 0. The summed E-state index contributed by atoms with van der Waals surface area (Å²) in [5.41, 5.74) is 2.65. The second kappa shape index (κ2) is 7.83. The monoisotopic (exact) mass is 356 g/mol. The quantitative estimate of drug-likeness (QED) is 0.727. The number of benzene rings is 1. The average Bonchev–Trinajstić information content (AvgIpc) is 2.88. The van der Waals surface area contributed by atoms with Crippen molar-refractivity contribution in [2.45, 2.75) is 64.1 Å². The van der Waals surface area contributed by atoms with Crippen molar-refractivity contribution in [3.63, 3.8) is 0 Å². The van der Waals surface area contributed by atoms with Crippen molar-refractivity contribution < 1.29 is 9.53 Å². The Morgan fingerprint density at radius 3 is 2.58 bits per heavy atom. The minimum Gasteiger partial charge on any atom is -0.491 e. The van der Waals surface area contributed by atoms with Gasteiger partial charge in [-0.2, -0.15) is 0 Å². The summed E-state index contributed by atoms with van der Waals surface area (Å²) in [4.78, 5) is 16.4. The Balaban J connectivity index is 1.64. The van der Waals surface area contributed by atoms with E-state index in [-0.39, 0.29) is 11.6 Å². The highest BCUT2D eigenvalue weighted by atomic mass is 16.5. The SMILES string of the molecule is C=CCc1cc(CN2CCC3(CCC(=O)N3C)CC2)ccc1OC(C)C. The third kappa shape index (κ3) is 3.96. The van der Waals surface area contributed by atoms with Gasteiger partial charge in [0.25, 0.3) is 0 Å². The standard InChI is InChI=1S/C22H32N2O2/c1-5-6-19-15-18(7-8-20(19)26-17(2)3)16-24-13-11-22(12-14-24)10-9-21(25)23(22)4/h5,7-8,15,17H,1,6,9-14,16H2,2-4H3. The maximum absolute atomic E-state index is 11.9. The third-order valence-corrected chi connectivity index (χ3v) is 5.93. The van der Waals surface area contributed by atoms with Gasteiger partial charge in [-0.05, 0) is 56.7 Å². The molecule has 1 amide bonds. The van der Waals surface area contributed by atoms with Crippen molar-refractivity contribution in [2.24, 2.45) is 0 Å². The van der Waals surface area contributed by atoms with Crippen LogP contribution in [0, 0.1) is 0 Å². The first-order chi connectivity index (χ1) is 12.4. The number of rotatable bonds is 6. The normalized spacial score (nSPS) is 20.2. The Labute approximate surface area is 157 Å². The summed E-state index contributed by atoms with van der Waals surface area (Å²) in [6, 6.07) is 6.54. The first kappa shape index (κ1) is 19.0. The number of ether oxygens (including phenoxy) is 1. The Hall–Kier alpha value is -1.81. The summed E-state index contributed by atoms with van der Waals surface area (Å²) >= 11 is 0. The highest BCUT2D eigenvalue weighted by molar-refractivity contribution is 5.79. The van der Waals surface area contributed by atoms with E-state index in [4.69, 9.17) is 4.74 Å². The van der Waals surface area contributed by atoms with Gasteiger partial charge in [-0.3, -0.25) is 9.69 Å². The maximum Gasteiger partial charge on any atom is 0.222 e. The molecule has 26 heavy (non-hydrogen) atoms. The van der Waals surface area contributed by atoms with Crippen LogP contribution in [0.25, 0.3) is 0 Å². The van der Waals surface area contributed by atoms with Gasteiger partial charge in [0, 0.05) is 38.6 Å². The molecule has 1 aromatic carbocycles. The van der Waals surface area contributed by atoms with Gasteiger partial charge < -0.3 is 9.64 Å². The number of amides is 1. The fourth-order valence-electron chi connectivity index (χ4n) is 4.33. The molecule has 2 saturated heterocycles. The van der Waals surface area contributed by atoms with E-state index in [2.05, 4.69) is 43.5 Å². The summed E-state index contributed by atoms with van der Waals surface area (Å²) < 4.78 is 5.93. The zero-order valence-electron chi connectivity index (χ0n) is 16.5. The van der Waals surface area contributed by atoms with Crippen LogP contribution in [0.4, 0.5) is 0 Å². The molecule has 0 N–H and O–H groups in total. The van der Waals surface area contributed by atoms with Crippen molar-refractivity contribution >= 4 is 5.91 Å². The van der Waals surface area contributed by atoms with Gasteiger partial charge in [0.05, 0.1) is 6.10 Å². The Morgan fingerprint density at radius 1 is 1.27 bits per heavy atom. The molecule has 2 aliphatic rings. The van der Waals surface area contributed by atoms with E-state index in [1.165, 1.54) is 11.1 Å². The van der Waals surface area contributed by atoms with Crippen LogP contribution >= 0.6 is 0 Å². The zero-order chi connectivity index (χ0) is 18.7. The van der Waals surface area contributed by atoms with Crippen molar-refractivity contribution in [1.29, 1.82) is 0 Å². The Bertz CT molecular complexity index is 660. The Kier molecular flexibility index (Phi) is 5.71. The topological polar surface area (TPSA) is 32.8 Å². The molecule has 0 saturated carbocycles. The largest absolute Gasteiger partial charge is 0.491 e. The van der Waals surface area contributed by atoms with Crippen LogP contribution in [0.15, 0.2) is 30.9 Å². The predicted molar refractivity (Wildman–Crippen MR) is 105 cm³/mol. The molecule has 0 aliphatic carbocycles. The van der Waals surface area contributed by atoms with Gasteiger partial charge >= 0.3 is 0 Å². The van der Waals surface area contributed by atoms with Crippen molar-refractivity contribution in [2.75, 3.05) is 20.1 Å². The molecule has 2 heterocycles. The molecule has 0 aromatic heterocycles. The molecule has 1 spiro atoms. The second-order valence-corrected chi connectivity index (χ2v) is 8.05. The fraction of sp³-hybridized carbons (Fsp3) is 0.591. The first-order valence-corrected chi connectivity index (χ1v) is 9.82. The van der Waals surface area contributed by atoms with Crippen LogP contribution in [0.3, 0.4) is 0 Å². The molecular formula is C22H32N2O2. The smallest absolute Gasteiger partial charge is 0.222 e. The van der Waals surface area contributed by atoms with E-state index < -0.39 is 0 Å². The number of carbonyl (C=O) groups is 1. The maximum atomic E-state index is 11.9. The summed E-state index contributed by atoms with van der Waals surface area (Å²) in [6.07, 6.45) is 6.86. The number of allylic oxidation sites excluding steroid dienone is 1. The predicted octanol–water partition coefficient (Wildman–Crippen LogP) is 3.79. The Morgan fingerprint density at radius 2 is 2.00 bits per heavy atom. The molecule has 4 heteroatoms. The molecule has 0 bridgehead atoms. The van der Waals surface area contributed by atoms with Crippen LogP contribution < -0.4 is 4.74 Å². The molecule has 0 atom stereocenters. The lowest BCUT2D eigenvalue weighted by atomic mass is 9.85. The summed E-state index contributed by atoms with van der Waals surface area (Å²) in [5, 5.41) is 0. The fourth-order valence-corrected chi connectivity index (χ4v) is 4.33. The highest BCUT2D eigenvalue weighted by Crippen LogP contribution is 2.38. The number of carbonyl (C=O) groups excluding carboxylic acids is 1. The van der Waals surface area contributed by atoms with Crippen molar-refractivity contribution in [3.8, 4) is 5.75 Å². The van der Waals surface area contributed by atoms with Crippen LogP contribution in [0.5, 0.6) is 5.75 Å². The van der Waals surface area contributed by atoms with Gasteiger partial charge in [0.1, 0.15) is 5.75 Å². The van der Waals surface area contributed by atoms with Gasteiger partial charge in [-0.15, -0.1) is 6.58 Å².